The largest absolute Gasteiger partial charge is 0.373 e. The summed E-state index contributed by atoms with van der Waals surface area (Å²) in [5, 5.41) is 3.27. The highest BCUT2D eigenvalue weighted by Gasteiger charge is 2.32. The van der Waals surface area contributed by atoms with E-state index >= 15 is 0 Å². The third kappa shape index (κ3) is 5.09. The quantitative estimate of drug-likeness (QED) is 0.716. The van der Waals surface area contributed by atoms with Crippen molar-refractivity contribution < 1.29 is 9.53 Å². The zero-order valence-electron chi connectivity index (χ0n) is 12.8. The van der Waals surface area contributed by atoms with E-state index in [-0.39, 0.29) is 11.5 Å². The first-order valence-corrected chi connectivity index (χ1v) is 7.20. The minimum atomic E-state index is -0.613. The molecule has 0 bridgehead atoms. The molecule has 1 saturated heterocycles. The average Bonchev–Trinajstić information content (AvgIpc) is 2.32. The SMILES string of the molecule is CCCNC(C)(CCN1CCOC(C)(C)C1)C(N)=O. The van der Waals surface area contributed by atoms with Crippen LogP contribution in [-0.2, 0) is 9.53 Å². The molecule has 1 unspecified atom stereocenters. The molecular formula is C14H29N3O2. The molecule has 3 N–H and O–H groups in total. The zero-order chi connectivity index (χ0) is 14.5. The maximum Gasteiger partial charge on any atom is 0.237 e. The molecule has 1 atom stereocenters. The van der Waals surface area contributed by atoms with E-state index < -0.39 is 5.54 Å². The molecule has 1 amide bonds. The van der Waals surface area contributed by atoms with Crippen LogP contribution < -0.4 is 11.1 Å². The minimum absolute atomic E-state index is 0.0990. The maximum absolute atomic E-state index is 11.6. The summed E-state index contributed by atoms with van der Waals surface area (Å²) in [5.74, 6) is -0.270. The third-order valence-corrected chi connectivity index (χ3v) is 3.74. The lowest BCUT2D eigenvalue weighted by molar-refractivity contribution is -0.124. The number of morpholine rings is 1. The third-order valence-electron chi connectivity index (χ3n) is 3.74. The van der Waals surface area contributed by atoms with Gasteiger partial charge in [0.2, 0.25) is 5.91 Å². The molecule has 1 fully saturated rings. The van der Waals surface area contributed by atoms with Crippen LogP contribution in [0.4, 0.5) is 0 Å². The number of hydrogen-bond acceptors (Lipinski definition) is 4. The van der Waals surface area contributed by atoms with E-state index in [1.54, 1.807) is 0 Å². The Kier molecular flexibility index (Phi) is 5.77. The van der Waals surface area contributed by atoms with Crippen molar-refractivity contribution in [3.63, 3.8) is 0 Å². The van der Waals surface area contributed by atoms with E-state index in [1.807, 2.05) is 6.92 Å². The number of ether oxygens (including phenoxy) is 1. The average molecular weight is 271 g/mol. The Morgan fingerprint density at radius 3 is 2.74 bits per heavy atom. The second kappa shape index (κ2) is 6.68. The van der Waals surface area contributed by atoms with Crippen molar-refractivity contribution in [1.82, 2.24) is 10.2 Å². The van der Waals surface area contributed by atoms with E-state index in [9.17, 15) is 4.79 Å². The molecule has 0 spiro atoms. The van der Waals surface area contributed by atoms with Crippen molar-refractivity contribution in [2.75, 3.05) is 32.8 Å². The Balaban J connectivity index is 2.49. The Hall–Kier alpha value is -0.650. The first-order chi connectivity index (χ1) is 8.79. The van der Waals surface area contributed by atoms with Crippen LogP contribution in [0, 0.1) is 0 Å². The molecule has 1 aliphatic heterocycles. The van der Waals surface area contributed by atoms with Gasteiger partial charge >= 0.3 is 0 Å². The summed E-state index contributed by atoms with van der Waals surface area (Å²) < 4.78 is 5.69. The van der Waals surface area contributed by atoms with Crippen LogP contribution in [0.25, 0.3) is 0 Å². The molecule has 19 heavy (non-hydrogen) atoms. The number of nitrogens with one attached hydrogen (secondary N) is 1. The number of nitrogens with two attached hydrogens (primary N) is 1. The first kappa shape index (κ1) is 16.4. The number of hydrogen-bond donors (Lipinski definition) is 2. The van der Waals surface area contributed by atoms with E-state index in [0.717, 1.165) is 45.6 Å². The van der Waals surface area contributed by atoms with Crippen molar-refractivity contribution in [2.45, 2.75) is 51.7 Å². The molecule has 5 heteroatoms. The first-order valence-electron chi connectivity index (χ1n) is 7.20. The highest BCUT2D eigenvalue weighted by Crippen LogP contribution is 2.18. The minimum Gasteiger partial charge on any atom is -0.373 e. The number of amides is 1. The highest BCUT2D eigenvalue weighted by molar-refractivity contribution is 5.84. The lowest BCUT2D eigenvalue weighted by atomic mass is 9.95. The number of carbonyl (C=O) groups is 1. The van der Waals surface area contributed by atoms with Crippen molar-refractivity contribution in [1.29, 1.82) is 0 Å². The molecule has 0 saturated carbocycles. The van der Waals surface area contributed by atoms with Gasteiger partial charge in [0.1, 0.15) is 0 Å². The molecule has 0 aromatic heterocycles. The molecule has 1 heterocycles. The summed E-state index contributed by atoms with van der Waals surface area (Å²) in [6, 6.07) is 0. The maximum atomic E-state index is 11.6. The fourth-order valence-corrected chi connectivity index (χ4v) is 2.39. The Morgan fingerprint density at radius 2 is 2.21 bits per heavy atom. The molecule has 1 rings (SSSR count). The second-order valence-electron chi connectivity index (χ2n) is 6.26. The van der Waals surface area contributed by atoms with Crippen LogP contribution in [0.1, 0.15) is 40.5 Å². The van der Waals surface area contributed by atoms with Crippen molar-refractivity contribution >= 4 is 5.91 Å². The lowest BCUT2D eigenvalue weighted by Gasteiger charge is -2.39. The Labute approximate surface area is 116 Å². The van der Waals surface area contributed by atoms with E-state index in [0.29, 0.717) is 0 Å². The smallest absolute Gasteiger partial charge is 0.237 e. The van der Waals surface area contributed by atoms with Crippen LogP contribution >= 0.6 is 0 Å². The van der Waals surface area contributed by atoms with E-state index in [2.05, 4.69) is 31.0 Å². The standard InChI is InChI=1S/C14H29N3O2/c1-5-7-16-14(4,12(15)18)6-8-17-9-10-19-13(2,3)11-17/h16H,5-11H2,1-4H3,(H2,15,18). The fraction of sp³-hybridized carbons (Fsp3) is 0.929. The molecule has 112 valence electrons. The van der Waals surface area contributed by atoms with Crippen molar-refractivity contribution in [3.05, 3.63) is 0 Å². The summed E-state index contributed by atoms with van der Waals surface area (Å²) in [6.45, 7) is 12.4. The van der Waals surface area contributed by atoms with Crippen LogP contribution in [0.5, 0.6) is 0 Å². The van der Waals surface area contributed by atoms with Crippen molar-refractivity contribution in [2.24, 2.45) is 5.73 Å². The predicted molar refractivity (Wildman–Crippen MR) is 77.0 cm³/mol. The number of carbonyl (C=O) groups excluding carboxylic acids is 1. The molecule has 0 aliphatic carbocycles. The van der Waals surface area contributed by atoms with Crippen LogP contribution in [0.2, 0.25) is 0 Å². The zero-order valence-corrected chi connectivity index (χ0v) is 12.8. The van der Waals surface area contributed by atoms with E-state index in [1.165, 1.54) is 0 Å². The van der Waals surface area contributed by atoms with Gasteiger partial charge in [-0.2, -0.15) is 0 Å². The molecular weight excluding hydrogens is 242 g/mol. The van der Waals surface area contributed by atoms with E-state index in [4.69, 9.17) is 10.5 Å². The summed E-state index contributed by atoms with van der Waals surface area (Å²) in [4.78, 5) is 14.0. The van der Waals surface area contributed by atoms with Gasteiger partial charge in [-0.1, -0.05) is 6.92 Å². The topological polar surface area (TPSA) is 67.6 Å². The van der Waals surface area contributed by atoms with Gasteiger partial charge in [-0.3, -0.25) is 9.69 Å². The van der Waals surface area contributed by atoms with Gasteiger partial charge in [0.25, 0.3) is 0 Å². The predicted octanol–water partition coefficient (Wildman–Crippen LogP) is 0.731. The lowest BCUT2D eigenvalue weighted by Crippen LogP contribution is -2.56. The number of nitrogens with zero attached hydrogens (tertiary/aromatic N) is 1. The summed E-state index contributed by atoms with van der Waals surface area (Å²) in [7, 11) is 0. The van der Waals surface area contributed by atoms with Gasteiger partial charge in [0.15, 0.2) is 0 Å². The van der Waals surface area contributed by atoms with Crippen molar-refractivity contribution in [3.8, 4) is 0 Å². The normalized spacial score (nSPS) is 22.9. The Morgan fingerprint density at radius 1 is 1.53 bits per heavy atom. The van der Waals surface area contributed by atoms with Gasteiger partial charge in [0, 0.05) is 19.6 Å². The summed E-state index contributed by atoms with van der Waals surface area (Å²) in [6.07, 6.45) is 1.73. The summed E-state index contributed by atoms with van der Waals surface area (Å²) >= 11 is 0. The van der Waals surface area contributed by atoms with Gasteiger partial charge < -0.3 is 15.8 Å². The van der Waals surface area contributed by atoms with Gasteiger partial charge in [0.05, 0.1) is 17.7 Å². The van der Waals surface area contributed by atoms with Crippen LogP contribution in [-0.4, -0.2) is 54.7 Å². The molecule has 0 aromatic carbocycles. The van der Waals surface area contributed by atoms with Gasteiger partial charge in [-0.25, -0.2) is 0 Å². The number of rotatable bonds is 7. The van der Waals surface area contributed by atoms with Gasteiger partial charge in [-0.05, 0) is 40.2 Å². The molecule has 5 nitrogen and oxygen atoms in total. The molecule has 1 aliphatic rings. The molecule has 0 radical (unpaired) electrons. The van der Waals surface area contributed by atoms with Crippen LogP contribution in [0.3, 0.4) is 0 Å². The Bertz CT molecular complexity index is 307. The monoisotopic (exact) mass is 271 g/mol. The number of primary amides is 1. The van der Waals surface area contributed by atoms with Crippen LogP contribution in [0.15, 0.2) is 0 Å². The second-order valence-corrected chi connectivity index (χ2v) is 6.26. The van der Waals surface area contributed by atoms with Gasteiger partial charge in [-0.15, -0.1) is 0 Å². The highest BCUT2D eigenvalue weighted by atomic mass is 16.5. The molecule has 0 aromatic rings. The summed E-state index contributed by atoms with van der Waals surface area (Å²) in [5.41, 5.74) is 4.82. The fourth-order valence-electron chi connectivity index (χ4n) is 2.39.